The van der Waals surface area contributed by atoms with Crippen LogP contribution in [0.5, 0.6) is 0 Å². The maximum atomic E-state index is 10.8. The van der Waals surface area contributed by atoms with Gasteiger partial charge in [0.2, 0.25) is 6.08 Å². The monoisotopic (exact) mass is 155 g/mol. The van der Waals surface area contributed by atoms with Gasteiger partial charge in [-0.2, -0.15) is 0 Å². The van der Waals surface area contributed by atoms with E-state index < -0.39 is 0 Å². The second-order valence-electron chi connectivity index (χ2n) is 2.57. The second-order valence-corrected chi connectivity index (χ2v) is 2.57. The first-order valence-electron chi connectivity index (χ1n) is 3.42. The Labute approximate surface area is 64.3 Å². The number of ether oxygens (including phenoxy) is 1. The Balaban J connectivity index is 2.32. The summed E-state index contributed by atoms with van der Waals surface area (Å²) in [5.74, 6) is -0.477. The van der Waals surface area contributed by atoms with E-state index in [1.54, 1.807) is 7.11 Å². The van der Waals surface area contributed by atoms with E-state index in [0.717, 1.165) is 0 Å². The van der Waals surface area contributed by atoms with Gasteiger partial charge in [-0.05, 0) is 12.8 Å². The SMILES string of the molecule is COC1CC(C(=O)N=C=O)C1. The molecule has 4 heteroatoms. The molecule has 0 bridgehead atoms. The average Bonchev–Trinajstić information content (AvgIpc) is 1.86. The molecular formula is C7H9NO3. The van der Waals surface area contributed by atoms with Crippen LogP contribution in [0.15, 0.2) is 4.99 Å². The quantitative estimate of drug-likeness (QED) is 0.425. The zero-order chi connectivity index (χ0) is 8.27. The minimum Gasteiger partial charge on any atom is -0.381 e. The molecule has 0 unspecified atom stereocenters. The van der Waals surface area contributed by atoms with Crippen molar-refractivity contribution in [1.82, 2.24) is 0 Å². The van der Waals surface area contributed by atoms with Crippen molar-refractivity contribution < 1.29 is 14.3 Å². The zero-order valence-corrected chi connectivity index (χ0v) is 6.24. The highest BCUT2D eigenvalue weighted by molar-refractivity contribution is 5.84. The molecule has 0 radical (unpaired) electrons. The Bertz CT molecular complexity index is 202. The van der Waals surface area contributed by atoms with E-state index in [0.29, 0.717) is 12.8 Å². The van der Waals surface area contributed by atoms with Crippen molar-refractivity contribution >= 4 is 12.0 Å². The van der Waals surface area contributed by atoms with Crippen LogP contribution in [0.25, 0.3) is 0 Å². The lowest BCUT2D eigenvalue weighted by atomic mass is 9.82. The van der Waals surface area contributed by atoms with Gasteiger partial charge in [-0.1, -0.05) is 0 Å². The van der Waals surface area contributed by atoms with Crippen LogP contribution in [-0.4, -0.2) is 25.2 Å². The molecule has 0 spiro atoms. The molecule has 1 saturated carbocycles. The van der Waals surface area contributed by atoms with Gasteiger partial charge in [-0.15, -0.1) is 4.99 Å². The van der Waals surface area contributed by atoms with E-state index in [4.69, 9.17) is 4.74 Å². The Kier molecular flexibility index (Phi) is 2.52. The third-order valence-corrected chi connectivity index (χ3v) is 1.93. The Morgan fingerprint density at radius 3 is 2.73 bits per heavy atom. The van der Waals surface area contributed by atoms with Crippen LogP contribution in [0, 0.1) is 5.92 Å². The van der Waals surface area contributed by atoms with Gasteiger partial charge in [0, 0.05) is 13.0 Å². The average molecular weight is 155 g/mol. The van der Waals surface area contributed by atoms with Gasteiger partial charge in [0.25, 0.3) is 5.91 Å². The molecule has 1 aliphatic carbocycles. The van der Waals surface area contributed by atoms with E-state index in [-0.39, 0.29) is 17.9 Å². The lowest BCUT2D eigenvalue weighted by Gasteiger charge is -2.30. The van der Waals surface area contributed by atoms with Crippen molar-refractivity contribution in [1.29, 1.82) is 0 Å². The largest absolute Gasteiger partial charge is 0.381 e. The normalized spacial score (nSPS) is 28.5. The predicted molar refractivity (Wildman–Crippen MR) is 36.6 cm³/mol. The molecule has 0 aliphatic heterocycles. The molecule has 0 aromatic heterocycles. The summed E-state index contributed by atoms with van der Waals surface area (Å²) in [6.07, 6.45) is 2.77. The third kappa shape index (κ3) is 1.73. The number of hydrogen-bond donors (Lipinski definition) is 0. The molecule has 4 nitrogen and oxygen atoms in total. The molecular weight excluding hydrogens is 146 g/mol. The highest BCUT2D eigenvalue weighted by atomic mass is 16.5. The van der Waals surface area contributed by atoms with Crippen molar-refractivity contribution in [3.05, 3.63) is 0 Å². The summed E-state index contributed by atoms with van der Waals surface area (Å²) in [5, 5.41) is 0. The molecule has 1 amide bonds. The van der Waals surface area contributed by atoms with Crippen molar-refractivity contribution in [2.45, 2.75) is 18.9 Å². The molecule has 11 heavy (non-hydrogen) atoms. The highest BCUT2D eigenvalue weighted by Gasteiger charge is 2.34. The van der Waals surface area contributed by atoms with E-state index in [1.807, 2.05) is 0 Å². The number of amides is 1. The highest BCUT2D eigenvalue weighted by Crippen LogP contribution is 2.30. The van der Waals surface area contributed by atoms with E-state index >= 15 is 0 Å². The number of carbonyl (C=O) groups excluding carboxylic acids is 2. The van der Waals surface area contributed by atoms with E-state index in [2.05, 4.69) is 4.99 Å². The fourth-order valence-corrected chi connectivity index (χ4v) is 1.10. The van der Waals surface area contributed by atoms with Gasteiger partial charge in [0.15, 0.2) is 0 Å². The van der Waals surface area contributed by atoms with Crippen LogP contribution in [-0.2, 0) is 14.3 Å². The zero-order valence-electron chi connectivity index (χ0n) is 6.24. The summed E-state index contributed by atoms with van der Waals surface area (Å²) < 4.78 is 4.95. The Morgan fingerprint density at radius 2 is 2.27 bits per heavy atom. The molecule has 0 atom stereocenters. The van der Waals surface area contributed by atoms with Gasteiger partial charge < -0.3 is 4.74 Å². The van der Waals surface area contributed by atoms with E-state index in [1.165, 1.54) is 6.08 Å². The number of nitrogens with zero attached hydrogens (tertiary/aromatic N) is 1. The Hall–Kier alpha value is -0.990. The van der Waals surface area contributed by atoms with Crippen LogP contribution in [0.1, 0.15) is 12.8 Å². The number of hydrogen-bond acceptors (Lipinski definition) is 3. The first kappa shape index (κ1) is 8.11. The van der Waals surface area contributed by atoms with Crippen LogP contribution >= 0.6 is 0 Å². The number of rotatable bonds is 2. The maximum Gasteiger partial charge on any atom is 0.259 e. The molecule has 1 aliphatic rings. The molecule has 0 saturated heterocycles. The number of aliphatic imine (C=N–C) groups is 1. The van der Waals surface area contributed by atoms with Crippen molar-refractivity contribution in [3.63, 3.8) is 0 Å². The number of methoxy groups -OCH3 is 1. The van der Waals surface area contributed by atoms with Crippen LogP contribution < -0.4 is 0 Å². The standard InChI is InChI=1S/C7H9NO3/c1-11-6-2-5(3-6)7(10)8-4-9/h5-6H,2-3H2,1H3. The topological polar surface area (TPSA) is 55.7 Å². The molecule has 0 aromatic rings. The summed E-state index contributed by atoms with van der Waals surface area (Å²) in [5.41, 5.74) is 0. The third-order valence-electron chi connectivity index (χ3n) is 1.93. The lowest BCUT2D eigenvalue weighted by Crippen LogP contribution is -2.34. The molecule has 1 fully saturated rings. The van der Waals surface area contributed by atoms with Crippen molar-refractivity contribution in [2.24, 2.45) is 10.9 Å². The first-order valence-corrected chi connectivity index (χ1v) is 3.42. The maximum absolute atomic E-state index is 10.8. The molecule has 0 heterocycles. The van der Waals surface area contributed by atoms with Gasteiger partial charge in [0.1, 0.15) is 0 Å². The molecule has 60 valence electrons. The van der Waals surface area contributed by atoms with Crippen LogP contribution in [0.2, 0.25) is 0 Å². The number of carbonyl (C=O) groups is 1. The van der Waals surface area contributed by atoms with Gasteiger partial charge in [-0.3, -0.25) is 4.79 Å². The first-order chi connectivity index (χ1) is 5.27. The van der Waals surface area contributed by atoms with Gasteiger partial charge in [0.05, 0.1) is 6.10 Å². The second kappa shape index (κ2) is 3.42. The van der Waals surface area contributed by atoms with Gasteiger partial charge >= 0.3 is 0 Å². The smallest absolute Gasteiger partial charge is 0.259 e. The van der Waals surface area contributed by atoms with Crippen molar-refractivity contribution in [2.75, 3.05) is 7.11 Å². The Morgan fingerprint density at radius 1 is 1.64 bits per heavy atom. The molecule has 0 aromatic carbocycles. The van der Waals surface area contributed by atoms with Crippen molar-refractivity contribution in [3.8, 4) is 0 Å². The fraction of sp³-hybridized carbons (Fsp3) is 0.714. The summed E-state index contributed by atoms with van der Waals surface area (Å²) in [7, 11) is 1.61. The molecule has 0 N–H and O–H groups in total. The van der Waals surface area contributed by atoms with E-state index in [9.17, 15) is 9.59 Å². The fourth-order valence-electron chi connectivity index (χ4n) is 1.10. The minimum atomic E-state index is -0.367. The van der Waals surface area contributed by atoms with Gasteiger partial charge in [-0.25, -0.2) is 4.79 Å². The summed E-state index contributed by atoms with van der Waals surface area (Å²) >= 11 is 0. The molecule has 1 rings (SSSR count). The van der Waals surface area contributed by atoms with Crippen LogP contribution in [0.3, 0.4) is 0 Å². The minimum absolute atomic E-state index is 0.110. The summed E-state index contributed by atoms with van der Waals surface area (Å²) in [4.78, 5) is 23.5. The van der Waals surface area contributed by atoms with Crippen LogP contribution in [0.4, 0.5) is 0 Å². The summed E-state index contributed by atoms with van der Waals surface area (Å²) in [6.45, 7) is 0. The lowest BCUT2D eigenvalue weighted by molar-refractivity contribution is -0.128. The summed E-state index contributed by atoms with van der Waals surface area (Å²) in [6, 6.07) is 0. The predicted octanol–water partition coefficient (Wildman–Crippen LogP) is 0.274. The number of isocyanates is 1.